The second kappa shape index (κ2) is 5.17. The van der Waals surface area contributed by atoms with E-state index in [1.165, 1.54) is 12.8 Å². The number of benzene rings is 1. The normalized spacial score (nSPS) is 21.8. The number of hydrogen-bond acceptors (Lipinski definition) is 4. The smallest absolute Gasteiger partial charge is 0.263 e. The van der Waals surface area contributed by atoms with Gasteiger partial charge in [0.2, 0.25) is 5.95 Å². The molecule has 7 heteroatoms. The first-order valence-electron chi connectivity index (χ1n) is 8.53. The van der Waals surface area contributed by atoms with Crippen molar-refractivity contribution in [2.45, 2.75) is 32.7 Å². The van der Waals surface area contributed by atoms with Gasteiger partial charge in [-0.15, -0.1) is 5.10 Å². The first-order valence-corrected chi connectivity index (χ1v) is 9.32. The standard InChI is InChI=1S/C18H18BrN5O/c1-9-3-12(19)4-10(2)15(9)24-8-14-16(22-24)20-18(21-17(14)25)23-7-11-5-13(23)6-11/h3-4,8,11,13H,5-7H2,1-2H3,(H,20,21,22,25). The predicted molar refractivity (Wildman–Crippen MR) is 101 cm³/mol. The summed E-state index contributed by atoms with van der Waals surface area (Å²) >= 11 is 3.52. The third-order valence-electron chi connectivity index (χ3n) is 5.44. The molecule has 0 atom stereocenters. The Labute approximate surface area is 153 Å². The maximum atomic E-state index is 12.6. The van der Waals surface area contributed by atoms with E-state index >= 15 is 0 Å². The Balaban J connectivity index is 1.65. The molecular formula is C18H18BrN5O. The highest BCUT2D eigenvalue weighted by Crippen LogP contribution is 2.41. The van der Waals surface area contributed by atoms with E-state index in [0.717, 1.165) is 33.7 Å². The van der Waals surface area contributed by atoms with Crippen LogP contribution in [0, 0.1) is 19.8 Å². The molecule has 1 aromatic carbocycles. The van der Waals surface area contributed by atoms with Gasteiger partial charge in [-0.1, -0.05) is 15.9 Å². The fourth-order valence-corrected chi connectivity index (χ4v) is 4.90. The molecule has 1 saturated carbocycles. The second-order valence-electron chi connectivity index (χ2n) is 7.23. The van der Waals surface area contributed by atoms with Crippen molar-refractivity contribution in [1.82, 2.24) is 19.7 Å². The number of fused-ring (bicyclic) bond motifs is 2. The Morgan fingerprint density at radius 3 is 2.60 bits per heavy atom. The van der Waals surface area contributed by atoms with Gasteiger partial charge >= 0.3 is 0 Å². The van der Waals surface area contributed by atoms with Crippen molar-refractivity contribution in [3.05, 3.63) is 44.3 Å². The lowest BCUT2D eigenvalue weighted by atomic mass is 9.86. The lowest BCUT2D eigenvalue weighted by molar-refractivity contribution is 0.380. The van der Waals surface area contributed by atoms with Crippen molar-refractivity contribution in [2.24, 2.45) is 5.92 Å². The SMILES string of the molecule is Cc1cc(Br)cc(C)c1-n1cc2c(=O)[nH]c(N3CC4CC3C4)nc2n1. The van der Waals surface area contributed by atoms with Gasteiger partial charge in [-0.25, -0.2) is 4.68 Å². The molecule has 0 spiro atoms. The molecule has 2 bridgehead atoms. The number of anilines is 1. The molecule has 3 aromatic rings. The molecule has 0 radical (unpaired) electrons. The summed E-state index contributed by atoms with van der Waals surface area (Å²) < 4.78 is 2.81. The summed E-state index contributed by atoms with van der Waals surface area (Å²) in [6.45, 7) is 5.07. The van der Waals surface area contributed by atoms with Gasteiger partial charge in [0.25, 0.3) is 5.56 Å². The van der Waals surface area contributed by atoms with Crippen LogP contribution in [0.25, 0.3) is 16.7 Å². The Bertz CT molecular complexity index is 1040. The molecule has 6 nitrogen and oxygen atoms in total. The van der Waals surface area contributed by atoms with Crippen LogP contribution in [0.2, 0.25) is 0 Å². The van der Waals surface area contributed by atoms with Gasteiger partial charge < -0.3 is 4.90 Å². The van der Waals surface area contributed by atoms with E-state index in [2.05, 4.69) is 48.0 Å². The number of H-pyrrole nitrogens is 1. The van der Waals surface area contributed by atoms with Crippen LogP contribution in [-0.2, 0) is 0 Å². The van der Waals surface area contributed by atoms with Gasteiger partial charge in [0.15, 0.2) is 5.65 Å². The molecule has 1 N–H and O–H groups in total. The molecule has 3 fully saturated rings. The van der Waals surface area contributed by atoms with Crippen molar-refractivity contribution in [2.75, 3.05) is 11.4 Å². The highest BCUT2D eigenvalue weighted by molar-refractivity contribution is 9.10. The molecule has 128 valence electrons. The van der Waals surface area contributed by atoms with Crippen molar-refractivity contribution >= 4 is 32.9 Å². The summed E-state index contributed by atoms with van der Waals surface area (Å²) in [6, 6.07) is 4.63. The van der Waals surface area contributed by atoms with E-state index < -0.39 is 0 Å². The van der Waals surface area contributed by atoms with E-state index in [4.69, 9.17) is 0 Å². The van der Waals surface area contributed by atoms with Crippen LogP contribution in [0.15, 0.2) is 27.6 Å². The Morgan fingerprint density at radius 1 is 1.24 bits per heavy atom. The summed E-state index contributed by atoms with van der Waals surface area (Å²) in [5.41, 5.74) is 3.56. The summed E-state index contributed by atoms with van der Waals surface area (Å²) in [5, 5.41) is 5.13. The summed E-state index contributed by atoms with van der Waals surface area (Å²) in [7, 11) is 0. The van der Waals surface area contributed by atoms with Gasteiger partial charge in [-0.3, -0.25) is 9.78 Å². The second-order valence-corrected chi connectivity index (χ2v) is 8.15. The highest BCUT2D eigenvalue weighted by Gasteiger charge is 2.43. The molecule has 6 rings (SSSR count). The van der Waals surface area contributed by atoms with Crippen LogP contribution in [-0.4, -0.2) is 32.3 Å². The van der Waals surface area contributed by atoms with Gasteiger partial charge in [-0.05, 0) is 55.9 Å². The first-order chi connectivity index (χ1) is 12.0. The van der Waals surface area contributed by atoms with Crippen LogP contribution in [0.4, 0.5) is 5.95 Å². The first kappa shape index (κ1) is 15.1. The van der Waals surface area contributed by atoms with Crippen LogP contribution < -0.4 is 10.5 Å². The summed E-state index contributed by atoms with van der Waals surface area (Å²) in [5.74, 6) is 1.42. The molecule has 2 saturated heterocycles. The van der Waals surface area contributed by atoms with Crippen LogP contribution in [0.3, 0.4) is 0 Å². The lowest BCUT2D eigenvalue weighted by Crippen LogP contribution is -2.31. The average molecular weight is 400 g/mol. The van der Waals surface area contributed by atoms with Gasteiger partial charge in [0.1, 0.15) is 5.39 Å². The Hall–Kier alpha value is -2.15. The van der Waals surface area contributed by atoms with E-state index in [9.17, 15) is 4.79 Å². The number of aryl methyl sites for hydroxylation is 2. The molecule has 1 aliphatic carbocycles. The minimum Gasteiger partial charge on any atom is -0.339 e. The monoisotopic (exact) mass is 399 g/mol. The molecule has 3 aliphatic rings. The molecule has 2 aliphatic heterocycles. The minimum atomic E-state index is -0.122. The summed E-state index contributed by atoms with van der Waals surface area (Å²) in [6.07, 6.45) is 4.21. The zero-order valence-electron chi connectivity index (χ0n) is 14.1. The van der Waals surface area contributed by atoms with Crippen LogP contribution in [0.1, 0.15) is 24.0 Å². The lowest BCUT2D eigenvalue weighted by Gasteiger charge is -2.25. The zero-order chi connectivity index (χ0) is 17.3. The maximum Gasteiger partial charge on any atom is 0.263 e. The number of aromatic amines is 1. The van der Waals surface area contributed by atoms with Crippen molar-refractivity contribution in [1.29, 1.82) is 0 Å². The molecule has 25 heavy (non-hydrogen) atoms. The Kier molecular flexibility index (Phi) is 3.13. The largest absolute Gasteiger partial charge is 0.339 e. The fourth-order valence-electron chi connectivity index (χ4n) is 4.21. The van der Waals surface area contributed by atoms with Crippen molar-refractivity contribution in [3.8, 4) is 5.69 Å². The maximum absolute atomic E-state index is 12.6. The number of rotatable bonds is 2. The predicted octanol–water partition coefficient (Wildman–Crippen LogP) is 3.09. The van der Waals surface area contributed by atoms with Gasteiger partial charge in [-0.2, -0.15) is 4.98 Å². The quantitative estimate of drug-likeness (QED) is 0.718. The Morgan fingerprint density at radius 2 is 1.96 bits per heavy atom. The molecule has 2 aromatic heterocycles. The van der Waals surface area contributed by atoms with E-state index in [1.807, 2.05) is 13.8 Å². The summed E-state index contributed by atoms with van der Waals surface area (Å²) in [4.78, 5) is 22.4. The van der Waals surface area contributed by atoms with Crippen molar-refractivity contribution in [3.63, 3.8) is 0 Å². The van der Waals surface area contributed by atoms with Gasteiger partial charge in [0, 0.05) is 23.3 Å². The van der Waals surface area contributed by atoms with Crippen LogP contribution >= 0.6 is 15.9 Å². The van der Waals surface area contributed by atoms with Crippen molar-refractivity contribution < 1.29 is 0 Å². The van der Waals surface area contributed by atoms with E-state index in [0.29, 0.717) is 23.0 Å². The third kappa shape index (κ3) is 2.25. The molecule has 0 amide bonds. The number of nitrogens with one attached hydrogen (secondary N) is 1. The number of aromatic nitrogens is 4. The van der Waals surface area contributed by atoms with Crippen LogP contribution in [0.5, 0.6) is 0 Å². The number of hydrogen-bond donors (Lipinski definition) is 1. The average Bonchev–Trinajstić information content (AvgIpc) is 3.17. The zero-order valence-corrected chi connectivity index (χ0v) is 15.7. The molecule has 4 heterocycles. The van der Waals surface area contributed by atoms with E-state index in [1.54, 1.807) is 10.9 Å². The third-order valence-corrected chi connectivity index (χ3v) is 5.90. The molecular weight excluding hydrogens is 382 g/mol. The number of nitrogens with zero attached hydrogens (tertiary/aromatic N) is 4. The minimum absolute atomic E-state index is 0.122. The van der Waals surface area contributed by atoms with Gasteiger partial charge in [0.05, 0.1) is 5.69 Å². The topological polar surface area (TPSA) is 66.8 Å². The van der Waals surface area contributed by atoms with E-state index in [-0.39, 0.29) is 5.56 Å². The fraction of sp³-hybridized carbons (Fsp3) is 0.389. The highest BCUT2D eigenvalue weighted by atomic mass is 79.9. The molecule has 0 unspecified atom stereocenters. The number of halogens is 1.